The van der Waals surface area contributed by atoms with E-state index in [1.165, 1.54) is 0 Å². The van der Waals surface area contributed by atoms with Gasteiger partial charge in [0.1, 0.15) is 6.61 Å². The molecule has 0 saturated carbocycles. The van der Waals surface area contributed by atoms with Crippen LogP contribution in [0.15, 0.2) is 12.8 Å². The van der Waals surface area contributed by atoms with Crippen molar-refractivity contribution in [2.75, 3.05) is 6.61 Å². The first-order chi connectivity index (χ1) is 7.14. The van der Waals surface area contributed by atoms with E-state index in [2.05, 4.69) is 16.1 Å². The predicted molar refractivity (Wildman–Crippen MR) is 45.0 cm³/mol. The molecule has 1 heterocycles. The molecule has 2 atom stereocenters. The van der Waals surface area contributed by atoms with E-state index in [-0.39, 0.29) is 6.61 Å². The van der Waals surface area contributed by atoms with Crippen LogP contribution in [-0.2, 0) is 9.47 Å². The third-order valence-electron chi connectivity index (χ3n) is 2.53. The second-order valence-electron chi connectivity index (χ2n) is 3.68. The highest BCUT2D eigenvalue weighted by atomic mass is 19.4. The Labute approximate surface area is 89.0 Å². The fourth-order valence-electron chi connectivity index (χ4n) is 1.48. The number of halogens is 5. The highest BCUT2D eigenvalue weighted by Crippen LogP contribution is 2.52. The molecule has 0 spiro atoms. The maximum Gasteiger partial charge on any atom is 0.423 e. The molecule has 0 aromatic carbocycles. The molecule has 0 bridgehead atoms. The van der Waals surface area contributed by atoms with Gasteiger partial charge in [0, 0.05) is 6.42 Å². The lowest BCUT2D eigenvalue weighted by Gasteiger charge is -2.31. The minimum atomic E-state index is -5.13. The summed E-state index contributed by atoms with van der Waals surface area (Å²) in [6, 6.07) is 0. The zero-order valence-electron chi connectivity index (χ0n) is 8.48. The van der Waals surface area contributed by atoms with E-state index in [4.69, 9.17) is 0 Å². The van der Waals surface area contributed by atoms with Gasteiger partial charge in [0.15, 0.2) is 0 Å². The fourth-order valence-corrected chi connectivity index (χ4v) is 1.48. The Hall–Kier alpha value is -0.850. The molecule has 0 N–H and O–H groups in total. The zero-order valence-corrected chi connectivity index (χ0v) is 8.48. The summed E-state index contributed by atoms with van der Waals surface area (Å²) in [6.45, 7) is 3.13. The van der Waals surface area contributed by atoms with E-state index >= 15 is 0 Å². The monoisotopic (exact) mass is 246 g/mol. The van der Waals surface area contributed by atoms with Gasteiger partial charge in [-0.25, -0.2) is 8.78 Å². The second kappa shape index (κ2) is 3.87. The molecule has 0 aliphatic carbocycles. The van der Waals surface area contributed by atoms with Gasteiger partial charge in [-0.15, -0.1) is 0 Å². The van der Waals surface area contributed by atoms with Gasteiger partial charge in [-0.3, -0.25) is 0 Å². The van der Waals surface area contributed by atoms with Crippen molar-refractivity contribution in [1.82, 2.24) is 0 Å². The van der Waals surface area contributed by atoms with E-state index < -0.39 is 30.2 Å². The van der Waals surface area contributed by atoms with Crippen molar-refractivity contribution in [2.45, 2.75) is 37.1 Å². The molecule has 16 heavy (non-hydrogen) atoms. The topological polar surface area (TPSA) is 18.5 Å². The van der Waals surface area contributed by atoms with Crippen LogP contribution < -0.4 is 0 Å². The lowest BCUT2D eigenvalue weighted by Crippen LogP contribution is -2.54. The van der Waals surface area contributed by atoms with Gasteiger partial charge in [0.05, 0.1) is 12.4 Å². The number of rotatable bonds is 3. The van der Waals surface area contributed by atoms with Crippen molar-refractivity contribution in [3.63, 3.8) is 0 Å². The van der Waals surface area contributed by atoms with E-state index in [9.17, 15) is 22.0 Å². The van der Waals surface area contributed by atoms with Gasteiger partial charge in [0.2, 0.25) is 5.60 Å². The van der Waals surface area contributed by atoms with Crippen molar-refractivity contribution < 1.29 is 31.4 Å². The highest BCUT2D eigenvalue weighted by Gasteiger charge is 2.72. The van der Waals surface area contributed by atoms with Crippen molar-refractivity contribution in [3.05, 3.63) is 12.8 Å². The Morgan fingerprint density at radius 2 is 2.06 bits per heavy atom. The standard InChI is InChI=1S/C9H11F5O2/c1-3-15-5-6-4-8(10,11)7(2,16-6)9(12,13)14/h3,6H,1,4-5H2,2H3. The van der Waals surface area contributed by atoms with Crippen LogP contribution in [0.3, 0.4) is 0 Å². The molecule has 1 saturated heterocycles. The summed E-state index contributed by atoms with van der Waals surface area (Å²) in [7, 11) is 0. The Bertz CT molecular complexity index is 276. The summed E-state index contributed by atoms with van der Waals surface area (Å²) < 4.78 is 72.8. The molecular formula is C9H11F5O2. The quantitative estimate of drug-likeness (QED) is 0.563. The molecule has 0 aromatic heterocycles. The average Bonchev–Trinajstić information content (AvgIpc) is 2.34. The first-order valence-electron chi connectivity index (χ1n) is 4.49. The highest BCUT2D eigenvalue weighted by molar-refractivity contribution is 5.04. The number of hydrogen-bond acceptors (Lipinski definition) is 2. The lowest BCUT2D eigenvalue weighted by molar-refractivity contribution is -0.314. The van der Waals surface area contributed by atoms with Crippen LogP contribution in [0.25, 0.3) is 0 Å². The number of alkyl halides is 5. The van der Waals surface area contributed by atoms with Crippen molar-refractivity contribution >= 4 is 0 Å². The molecule has 0 amide bonds. The van der Waals surface area contributed by atoms with Crippen molar-refractivity contribution in [1.29, 1.82) is 0 Å². The van der Waals surface area contributed by atoms with Crippen molar-refractivity contribution in [2.24, 2.45) is 0 Å². The first-order valence-corrected chi connectivity index (χ1v) is 4.49. The Balaban J connectivity index is 2.84. The molecule has 2 nitrogen and oxygen atoms in total. The third-order valence-corrected chi connectivity index (χ3v) is 2.53. The van der Waals surface area contributed by atoms with Crippen LogP contribution in [0.1, 0.15) is 13.3 Å². The summed E-state index contributed by atoms with van der Waals surface area (Å²) in [5.41, 5.74) is -3.45. The average molecular weight is 246 g/mol. The lowest BCUT2D eigenvalue weighted by atomic mass is 9.97. The van der Waals surface area contributed by atoms with Crippen molar-refractivity contribution in [3.8, 4) is 0 Å². The van der Waals surface area contributed by atoms with Gasteiger partial charge in [-0.2, -0.15) is 13.2 Å². The molecule has 1 aliphatic heterocycles. The first kappa shape index (κ1) is 13.2. The van der Waals surface area contributed by atoms with Crippen LogP contribution in [0.2, 0.25) is 0 Å². The summed E-state index contributed by atoms with van der Waals surface area (Å²) in [6.07, 6.45) is -6.47. The van der Waals surface area contributed by atoms with Gasteiger partial charge in [-0.05, 0) is 6.92 Å². The molecule has 94 valence electrons. The van der Waals surface area contributed by atoms with Gasteiger partial charge in [-0.1, -0.05) is 6.58 Å². The molecule has 7 heteroatoms. The molecule has 1 rings (SSSR count). The van der Waals surface area contributed by atoms with E-state index in [1.54, 1.807) is 0 Å². The fraction of sp³-hybridized carbons (Fsp3) is 0.778. The minimum absolute atomic E-state index is 0.348. The van der Waals surface area contributed by atoms with Crippen LogP contribution in [0.4, 0.5) is 22.0 Å². The summed E-state index contributed by atoms with van der Waals surface area (Å²) in [5.74, 6) is -3.96. The van der Waals surface area contributed by atoms with Crippen LogP contribution >= 0.6 is 0 Å². The van der Waals surface area contributed by atoms with Crippen LogP contribution in [0, 0.1) is 0 Å². The van der Waals surface area contributed by atoms with Crippen LogP contribution in [0.5, 0.6) is 0 Å². The number of ether oxygens (including phenoxy) is 2. The number of hydrogen-bond donors (Lipinski definition) is 0. The summed E-state index contributed by atoms with van der Waals surface area (Å²) in [4.78, 5) is 0. The Morgan fingerprint density at radius 3 is 2.44 bits per heavy atom. The van der Waals surface area contributed by atoms with Gasteiger partial charge in [0.25, 0.3) is 5.92 Å². The smallest absolute Gasteiger partial charge is 0.423 e. The van der Waals surface area contributed by atoms with E-state index in [1.807, 2.05) is 0 Å². The molecule has 1 aliphatic rings. The van der Waals surface area contributed by atoms with Gasteiger partial charge < -0.3 is 9.47 Å². The Kier molecular flexibility index (Phi) is 3.20. The van der Waals surface area contributed by atoms with Gasteiger partial charge >= 0.3 is 6.18 Å². The molecule has 1 fully saturated rings. The molecule has 0 radical (unpaired) electrons. The van der Waals surface area contributed by atoms with E-state index in [0.29, 0.717) is 6.92 Å². The third kappa shape index (κ3) is 2.00. The predicted octanol–water partition coefficient (Wildman–Crippen LogP) is 2.89. The summed E-state index contributed by atoms with van der Waals surface area (Å²) in [5, 5.41) is 0. The molecule has 2 unspecified atom stereocenters. The normalized spacial score (nSPS) is 33.8. The maximum absolute atomic E-state index is 13.2. The maximum atomic E-state index is 13.2. The largest absolute Gasteiger partial charge is 0.499 e. The molecular weight excluding hydrogens is 235 g/mol. The molecule has 0 aromatic rings. The zero-order chi connectivity index (χ0) is 12.6. The minimum Gasteiger partial charge on any atom is -0.499 e. The summed E-state index contributed by atoms with van der Waals surface area (Å²) >= 11 is 0. The Morgan fingerprint density at radius 1 is 1.50 bits per heavy atom. The van der Waals surface area contributed by atoms with Crippen LogP contribution in [-0.4, -0.2) is 30.4 Å². The SMILES string of the molecule is C=COCC1CC(F)(F)C(C)(C(F)(F)F)O1. The second-order valence-corrected chi connectivity index (χ2v) is 3.68. The van der Waals surface area contributed by atoms with E-state index in [0.717, 1.165) is 6.26 Å².